The van der Waals surface area contributed by atoms with Crippen molar-refractivity contribution < 1.29 is 5.11 Å². The van der Waals surface area contributed by atoms with E-state index in [1.54, 1.807) is 24.3 Å². The molecule has 2 rings (SSSR count). The van der Waals surface area contributed by atoms with Crippen LogP contribution in [0.3, 0.4) is 0 Å². The Morgan fingerprint density at radius 2 is 2.00 bits per heavy atom. The molecule has 2 N–H and O–H groups in total. The lowest BCUT2D eigenvalue weighted by atomic mass is 10.3. The number of phenolic OH excluding ortho intramolecular Hbond substituents is 1. The third kappa shape index (κ3) is 2.67. The first-order chi connectivity index (χ1) is 7.24. The minimum absolute atomic E-state index is 0.198. The van der Waals surface area contributed by atoms with Crippen LogP contribution in [0.4, 0.5) is 10.8 Å². The molecule has 0 aliphatic heterocycles. The van der Waals surface area contributed by atoms with Crippen molar-refractivity contribution in [1.82, 2.24) is 10.2 Å². The van der Waals surface area contributed by atoms with Gasteiger partial charge in [-0.2, -0.15) is 0 Å². The Labute approximate surface area is 94.1 Å². The van der Waals surface area contributed by atoms with Crippen molar-refractivity contribution in [2.24, 2.45) is 10.2 Å². The first kappa shape index (κ1) is 9.94. The van der Waals surface area contributed by atoms with Crippen LogP contribution in [0.5, 0.6) is 5.75 Å². The predicted octanol–water partition coefficient (Wildman–Crippen LogP) is 3.32. The molecule has 2 aromatic rings. The summed E-state index contributed by atoms with van der Waals surface area (Å²) in [5, 5.41) is 23.8. The second-order valence-electron chi connectivity index (χ2n) is 2.61. The van der Waals surface area contributed by atoms with Crippen molar-refractivity contribution in [2.45, 2.75) is 0 Å². The van der Waals surface area contributed by atoms with Crippen molar-refractivity contribution in [2.75, 3.05) is 0 Å². The summed E-state index contributed by atoms with van der Waals surface area (Å²) in [5.74, 6) is 0.198. The molecule has 5 nitrogen and oxygen atoms in total. The molecule has 0 saturated heterocycles. The third-order valence-corrected chi connectivity index (χ3v) is 2.50. The molecule has 1 aromatic carbocycles. The minimum Gasteiger partial charge on any atom is -0.508 e. The van der Waals surface area contributed by atoms with Crippen molar-refractivity contribution >= 4 is 34.4 Å². The van der Waals surface area contributed by atoms with Gasteiger partial charge in [-0.15, -0.1) is 15.3 Å². The smallest absolute Gasteiger partial charge is 0.250 e. The second-order valence-corrected chi connectivity index (χ2v) is 4.26. The van der Waals surface area contributed by atoms with Gasteiger partial charge in [-0.1, -0.05) is 11.3 Å². The van der Waals surface area contributed by atoms with Gasteiger partial charge in [0.1, 0.15) is 5.75 Å². The van der Waals surface area contributed by atoms with Crippen LogP contribution in [0.1, 0.15) is 0 Å². The highest BCUT2D eigenvalue weighted by Gasteiger charge is 1.94. The SMILES string of the molecule is Oc1ccc(N=Nc2n[nH]c(=S)s2)cc1. The quantitative estimate of drug-likeness (QED) is 0.622. The molecular weight excluding hydrogens is 232 g/mol. The van der Waals surface area contributed by atoms with E-state index in [1.165, 1.54) is 11.3 Å². The number of hydrogen-bond acceptors (Lipinski definition) is 6. The minimum atomic E-state index is 0.198. The zero-order valence-electron chi connectivity index (χ0n) is 7.41. The van der Waals surface area contributed by atoms with Crippen molar-refractivity contribution in [1.29, 1.82) is 0 Å². The first-order valence-electron chi connectivity index (χ1n) is 4.00. The van der Waals surface area contributed by atoms with E-state index < -0.39 is 0 Å². The highest BCUT2D eigenvalue weighted by molar-refractivity contribution is 7.73. The van der Waals surface area contributed by atoms with Crippen LogP contribution in [0.25, 0.3) is 0 Å². The van der Waals surface area contributed by atoms with Crippen LogP contribution in [-0.4, -0.2) is 15.3 Å². The van der Waals surface area contributed by atoms with E-state index in [-0.39, 0.29) is 5.75 Å². The molecule has 15 heavy (non-hydrogen) atoms. The number of hydrogen-bond donors (Lipinski definition) is 2. The summed E-state index contributed by atoms with van der Waals surface area (Å²) in [5.41, 5.74) is 0.647. The highest BCUT2D eigenvalue weighted by atomic mass is 32.1. The summed E-state index contributed by atoms with van der Waals surface area (Å²) in [4.78, 5) is 0. The topological polar surface area (TPSA) is 73.6 Å². The molecule has 0 atom stereocenters. The first-order valence-corrected chi connectivity index (χ1v) is 5.23. The van der Waals surface area contributed by atoms with Gasteiger partial charge >= 0.3 is 0 Å². The van der Waals surface area contributed by atoms with Gasteiger partial charge in [0.25, 0.3) is 0 Å². The Kier molecular flexibility index (Phi) is 2.84. The molecule has 1 aromatic heterocycles. The third-order valence-electron chi connectivity index (χ3n) is 1.53. The summed E-state index contributed by atoms with van der Waals surface area (Å²) < 4.78 is 0.564. The fourth-order valence-electron chi connectivity index (χ4n) is 0.885. The van der Waals surface area contributed by atoms with E-state index in [2.05, 4.69) is 20.4 Å². The van der Waals surface area contributed by atoms with E-state index in [9.17, 15) is 0 Å². The standard InChI is InChI=1S/C8H6N4OS2/c13-6-3-1-5(2-4-6)9-10-7-11-12-8(14)15-7/h1-4,13H,(H,12,14). The zero-order valence-corrected chi connectivity index (χ0v) is 9.05. The monoisotopic (exact) mass is 238 g/mol. The van der Waals surface area contributed by atoms with Crippen LogP contribution in [0.15, 0.2) is 34.5 Å². The lowest BCUT2D eigenvalue weighted by molar-refractivity contribution is 0.475. The molecule has 76 valence electrons. The molecule has 0 spiro atoms. The Bertz CT molecular complexity index is 528. The van der Waals surface area contributed by atoms with Crippen molar-refractivity contribution in [3.63, 3.8) is 0 Å². The maximum absolute atomic E-state index is 9.04. The van der Waals surface area contributed by atoms with Crippen LogP contribution in [0, 0.1) is 3.95 Å². The molecule has 0 saturated carbocycles. The fraction of sp³-hybridized carbons (Fsp3) is 0. The number of aromatic amines is 1. The lowest BCUT2D eigenvalue weighted by Gasteiger charge is -1.91. The largest absolute Gasteiger partial charge is 0.508 e. The summed E-state index contributed by atoms with van der Waals surface area (Å²) >= 11 is 6.10. The molecule has 0 aliphatic carbocycles. The van der Waals surface area contributed by atoms with Crippen LogP contribution in [0.2, 0.25) is 0 Å². The van der Waals surface area contributed by atoms with E-state index in [4.69, 9.17) is 17.3 Å². The molecule has 0 amide bonds. The van der Waals surface area contributed by atoms with Gasteiger partial charge in [0.05, 0.1) is 5.69 Å². The molecule has 0 bridgehead atoms. The van der Waals surface area contributed by atoms with E-state index >= 15 is 0 Å². The number of benzene rings is 1. The fourth-order valence-corrected chi connectivity index (χ4v) is 1.58. The van der Waals surface area contributed by atoms with Gasteiger partial charge in [-0.3, -0.25) is 5.10 Å². The maximum atomic E-state index is 9.04. The average Bonchev–Trinajstić information content (AvgIpc) is 2.64. The molecule has 0 unspecified atom stereocenters. The molecule has 7 heteroatoms. The number of phenols is 1. The van der Waals surface area contributed by atoms with Gasteiger partial charge in [-0.25, -0.2) is 0 Å². The number of rotatable bonds is 2. The van der Waals surface area contributed by atoms with Crippen molar-refractivity contribution in [3.05, 3.63) is 28.2 Å². The zero-order chi connectivity index (χ0) is 10.7. The van der Waals surface area contributed by atoms with Gasteiger partial charge in [0.2, 0.25) is 5.13 Å². The van der Waals surface area contributed by atoms with E-state index in [0.717, 1.165) is 0 Å². The average molecular weight is 238 g/mol. The van der Waals surface area contributed by atoms with E-state index in [0.29, 0.717) is 14.8 Å². The summed E-state index contributed by atoms with van der Waals surface area (Å²) in [6.07, 6.45) is 0. The maximum Gasteiger partial charge on any atom is 0.250 e. The van der Waals surface area contributed by atoms with Crippen LogP contribution >= 0.6 is 23.6 Å². The Morgan fingerprint density at radius 3 is 2.60 bits per heavy atom. The molecule has 1 heterocycles. The number of H-pyrrole nitrogens is 1. The number of nitrogens with one attached hydrogen (secondary N) is 1. The van der Waals surface area contributed by atoms with Crippen molar-refractivity contribution in [3.8, 4) is 5.75 Å². The van der Waals surface area contributed by atoms with Crippen LogP contribution < -0.4 is 0 Å². The Balaban J connectivity index is 2.18. The van der Waals surface area contributed by atoms with Gasteiger partial charge in [0.15, 0.2) is 3.95 Å². The molecule has 0 radical (unpaired) electrons. The van der Waals surface area contributed by atoms with Gasteiger partial charge < -0.3 is 5.11 Å². The molecule has 0 fully saturated rings. The predicted molar refractivity (Wildman–Crippen MR) is 59.6 cm³/mol. The van der Waals surface area contributed by atoms with E-state index in [1.807, 2.05) is 0 Å². The Hall–Kier alpha value is -1.60. The molecule has 0 aliphatic rings. The summed E-state index contributed by atoms with van der Waals surface area (Å²) in [6.45, 7) is 0. The lowest BCUT2D eigenvalue weighted by Crippen LogP contribution is -1.65. The van der Waals surface area contributed by atoms with Crippen LogP contribution in [-0.2, 0) is 0 Å². The number of aromatic hydroxyl groups is 1. The second kappa shape index (κ2) is 4.28. The number of azo groups is 1. The summed E-state index contributed by atoms with van der Waals surface area (Å²) in [6, 6.07) is 6.40. The summed E-state index contributed by atoms with van der Waals surface area (Å²) in [7, 11) is 0. The number of aromatic nitrogens is 2. The normalized spacial score (nSPS) is 10.9. The highest BCUT2D eigenvalue weighted by Crippen LogP contribution is 2.21. The Morgan fingerprint density at radius 1 is 1.27 bits per heavy atom. The molecular formula is C8H6N4OS2. The van der Waals surface area contributed by atoms with Gasteiger partial charge in [-0.05, 0) is 36.5 Å². The van der Waals surface area contributed by atoms with Gasteiger partial charge in [0, 0.05) is 0 Å². The number of nitrogens with zero attached hydrogens (tertiary/aromatic N) is 3.